The molecule has 0 aromatic heterocycles. The summed E-state index contributed by atoms with van der Waals surface area (Å²) >= 11 is 0. The van der Waals surface area contributed by atoms with Crippen molar-refractivity contribution in [2.75, 3.05) is 20.2 Å². The van der Waals surface area contributed by atoms with E-state index in [0.29, 0.717) is 5.56 Å². The smallest absolute Gasteiger partial charge is 0.165 e. The Morgan fingerprint density at radius 3 is 2.67 bits per heavy atom. The first-order chi connectivity index (χ1) is 14.6. The van der Waals surface area contributed by atoms with Gasteiger partial charge in [-0.05, 0) is 80.1 Å². The average Bonchev–Trinajstić information content (AvgIpc) is 3.18. The highest BCUT2D eigenvalue weighted by molar-refractivity contribution is 5.36. The van der Waals surface area contributed by atoms with Crippen molar-refractivity contribution in [3.8, 4) is 17.6 Å². The van der Waals surface area contributed by atoms with Gasteiger partial charge in [0.2, 0.25) is 0 Å². The second kappa shape index (κ2) is 9.03. The molecule has 1 aliphatic carbocycles. The third-order valence-electron chi connectivity index (χ3n) is 6.35. The number of nitriles is 1. The second-order valence-electron chi connectivity index (χ2n) is 8.32. The van der Waals surface area contributed by atoms with Crippen molar-refractivity contribution in [3.05, 3.63) is 59.4 Å². The second-order valence-corrected chi connectivity index (χ2v) is 8.32. The topological polar surface area (TPSA) is 71.5 Å². The lowest BCUT2D eigenvalue weighted by Crippen LogP contribution is -2.51. The van der Waals surface area contributed by atoms with Gasteiger partial charge >= 0.3 is 0 Å². The number of halogens is 1. The van der Waals surface area contributed by atoms with Crippen LogP contribution in [0.25, 0.3) is 0 Å². The largest absolute Gasteiger partial charge is 0.494 e. The van der Waals surface area contributed by atoms with Crippen LogP contribution in [0.5, 0.6) is 11.5 Å². The highest BCUT2D eigenvalue weighted by Crippen LogP contribution is 2.41. The lowest BCUT2D eigenvalue weighted by molar-refractivity contribution is 0.0682. The van der Waals surface area contributed by atoms with Gasteiger partial charge in [0.05, 0.1) is 18.7 Å². The zero-order valence-electron chi connectivity index (χ0n) is 17.3. The average molecular weight is 410 g/mol. The normalized spacial score (nSPS) is 26.9. The Bertz CT molecular complexity index is 912. The summed E-state index contributed by atoms with van der Waals surface area (Å²) in [5.41, 5.74) is 7.94. The zero-order chi connectivity index (χ0) is 21.1. The van der Waals surface area contributed by atoms with Gasteiger partial charge in [0.15, 0.2) is 11.6 Å². The van der Waals surface area contributed by atoms with E-state index in [1.165, 1.54) is 13.2 Å². The minimum Gasteiger partial charge on any atom is -0.494 e. The first-order valence-corrected chi connectivity index (χ1v) is 10.6. The van der Waals surface area contributed by atoms with Gasteiger partial charge in [-0.3, -0.25) is 4.90 Å². The molecule has 2 fully saturated rings. The quantitative estimate of drug-likeness (QED) is 0.813. The third kappa shape index (κ3) is 4.43. The molecule has 158 valence electrons. The van der Waals surface area contributed by atoms with Crippen molar-refractivity contribution in [2.24, 2.45) is 5.73 Å². The molecule has 4 unspecified atom stereocenters. The van der Waals surface area contributed by atoms with Gasteiger partial charge in [0.25, 0.3) is 0 Å². The Kier molecular flexibility index (Phi) is 6.21. The molecule has 1 saturated carbocycles. The van der Waals surface area contributed by atoms with Crippen LogP contribution in [0.2, 0.25) is 0 Å². The zero-order valence-corrected chi connectivity index (χ0v) is 17.3. The molecule has 6 heteroatoms. The molecule has 5 nitrogen and oxygen atoms in total. The van der Waals surface area contributed by atoms with Gasteiger partial charge in [-0.2, -0.15) is 5.26 Å². The number of benzene rings is 2. The summed E-state index contributed by atoms with van der Waals surface area (Å²) in [5, 5.41) is 9.03. The minimum atomic E-state index is -0.344. The van der Waals surface area contributed by atoms with E-state index in [0.717, 1.165) is 50.1 Å². The monoisotopic (exact) mass is 409 g/mol. The molecule has 2 N–H and O–H groups in total. The fourth-order valence-electron chi connectivity index (χ4n) is 4.81. The van der Waals surface area contributed by atoms with Crippen LogP contribution in [-0.2, 0) is 0 Å². The number of nitrogens with two attached hydrogens (primary N) is 1. The maximum absolute atomic E-state index is 13.9. The molecule has 2 aliphatic rings. The summed E-state index contributed by atoms with van der Waals surface area (Å²) in [6.45, 7) is 1.89. The first-order valence-electron chi connectivity index (χ1n) is 10.6. The molecule has 4 atom stereocenters. The molecule has 0 bridgehead atoms. The van der Waals surface area contributed by atoms with Crippen molar-refractivity contribution in [3.63, 3.8) is 0 Å². The van der Waals surface area contributed by atoms with Crippen molar-refractivity contribution in [1.82, 2.24) is 4.90 Å². The molecule has 1 aliphatic heterocycles. The van der Waals surface area contributed by atoms with Gasteiger partial charge < -0.3 is 15.2 Å². The molecule has 2 aromatic carbocycles. The first kappa shape index (κ1) is 20.6. The Morgan fingerprint density at radius 2 is 1.97 bits per heavy atom. The van der Waals surface area contributed by atoms with Crippen LogP contribution < -0.4 is 15.2 Å². The molecular formula is C24H28FN3O2. The Balaban J connectivity index is 1.57. The molecule has 4 rings (SSSR count). The molecule has 1 saturated heterocycles. The standard InChI is InChI=1S/C24H28FN3O2/c1-29-23-12-17(6-9-21(23)25)18-11-22(28-10-2-3-19(27)15-28)24(13-18)30-20-7-4-16(14-26)5-8-20/h4-9,12,18-19,22,24H,2-3,10-11,13,15,27H2,1H3. The van der Waals surface area contributed by atoms with E-state index in [9.17, 15) is 4.39 Å². The van der Waals surface area contributed by atoms with Crippen LogP contribution in [0.15, 0.2) is 42.5 Å². The number of ether oxygens (including phenoxy) is 2. The number of methoxy groups -OCH3 is 1. The number of likely N-dealkylation sites (tertiary alicyclic amines) is 1. The molecule has 1 heterocycles. The maximum Gasteiger partial charge on any atom is 0.165 e. The van der Waals surface area contributed by atoms with Gasteiger partial charge in [-0.25, -0.2) is 4.39 Å². The van der Waals surface area contributed by atoms with Crippen LogP contribution in [-0.4, -0.2) is 43.3 Å². The molecule has 0 spiro atoms. The van der Waals surface area contributed by atoms with E-state index in [1.54, 1.807) is 12.1 Å². The Hall–Kier alpha value is -2.62. The maximum atomic E-state index is 13.9. The van der Waals surface area contributed by atoms with Gasteiger partial charge in [-0.1, -0.05) is 6.07 Å². The van der Waals surface area contributed by atoms with E-state index < -0.39 is 0 Å². The minimum absolute atomic E-state index is 0.00397. The highest BCUT2D eigenvalue weighted by atomic mass is 19.1. The molecular weight excluding hydrogens is 381 g/mol. The van der Waals surface area contributed by atoms with Crippen molar-refractivity contribution >= 4 is 0 Å². The van der Waals surface area contributed by atoms with Crippen molar-refractivity contribution in [2.45, 2.75) is 49.8 Å². The fourth-order valence-corrected chi connectivity index (χ4v) is 4.81. The summed E-state index contributed by atoms with van der Waals surface area (Å²) in [5.74, 6) is 0.956. The lowest BCUT2D eigenvalue weighted by atomic mass is 9.96. The van der Waals surface area contributed by atoms with Gasteiger partial charge in [0.1, 0.15) is 11.9 Å². The summed E-state index contributed by atoms with van der Waals surface area (Å²) in [4.78, 5) is 2.46. The van der Waals surface area contributed by atoms with Crippen LogP contribution >= 0.6 is 0 Å². The van der Waals surface area contributed by atoms with Crippen LogP contribution in [0, 0.1) is 17.1 Å². The predicted molar refractivity (Wildman–Crippen MR) is 113 cm³/mol. The van der Waals surface area contributed by atoms with Crippen molar-refractivity contribution in [1.29, 1.82) is 5.26 Å². The van der Waals surface area contributed by atoms with Crippen molar-refractivity contribution < 1.29 is 13.9 Å². The SMILES string of the molecule is COc1cc(C2CC(Oc3ccc(C#N)cc3)C(N3CCCC(N)C3)C2)ccc1F. The summed E-state index contributed by atoms with van der Waals surface area (Å²) in [6.07, 6.45) is 3.93. The van der Waals surface area contributed by atoms with E-state index in [-0.39, 0.29) is 35.7 Å². The fraction of sp³-hybridized carbons (Fsp3) is 0.458. The van der Waals surface area contributed by atoms with E-state index in [1.807, 2.05) is 24.3 Å². The number of nitrogens with zero attached hydrogens (tertiary/aromatic N) is 2. The van der Waals surface area contributed by atoms with Gasteiger partial charge in [-0.15, -0.1) is 0 Å². The third-order valence-corrected chi connectivity index (χ3v) is 6.35. The Labute approximate surface area is 177 Å². The predicted octanol–water partition coefficient (Wildman–Crippen LogP) is 3.82. The number of hydrogen-bond donors (Lipinski definition) is 1. The van der Waals surface area contributed by atoms with Crippen LogP contribution in [0.3, 0.4) is 0 Å². The molecule has 0 amide bonds. The van der Waals surface area contributed by atoms with Gasteiger partial charge in [0, 0.05) is 18.6 Å². The molecule has 0 radical (unpaired) electrons. The summed E-state index contributed by atoms with van der Waals surface area (Å²) in [6, 6.07) is 15.0. The number of piperidine rings is 1. The Morgan fingerprint density at radius 1 is 1.17 bits per heavy atom. The van der Waals surface area contributed by atoms with Crippen LogP contribution in [0.4, 0.5) is 4.39 Å². The summed E-state index contributed by atoms with van der Waals surface area (Å²) < 4.78 is 25.5. The van der Waals surface area contributed by atoms with E-state index >= 15 is 0 Å². The highest BCUT2D eigenvalue weighted by Gasteiger charge is 2.41. The molecule has 2 aromatic rings. The summed E-state index contributed by atoms with van der Waals surface area (Å²) in [7, 11) is 1.49. The number of rotatable bonds is 5. The van der Waals surface area contributed by atoms with E-state index in [4.69, 9.17) is 20.5 Å². The molecule has 30 heavy (non-hydrogen) atoms. The number of hydrogen-bond acceptors (Lipinski definition) is 5. The van der Waals surface area contributed by atoms with Crippen LogP contribution in [0.1, 0.15) is 42.7 Å². The van der Waals surface area contributed by atoms with E-state index in [2.05, 4.69) is 11.0 Å². The lowest BCUT2D eigenvalue weighted by Gasteiger charge is -2.38.